The lowest BCUT2D eigenvalue weighted by atomic mass is 9.93. The molecule has 1 saturated heterocycles. The molecule has 20 heavy (non-hydrogen) atoms. The summed E-state index contributed by atoms with van der Waals surface area (Å²) in [6.45, 7) is -1.68. The largest absolute Gasteiger partial charge is 0.393 e. The van der Waals surface area contributed by atoms with Crippen LogP contribution in [0.2, 0.25) is 0 Å². The molecule has 4 N–H and O–H groups in total. The first-order valence-corrected chi connectivity index (χ1v) is 5.96. The van der Waals surface area contributed by atoms with Gasteiger partial charge in [-0.25, -0.2) is 9.18 Å². The van der Waals surface area contributed by atoms with E-state index in [1.54, 1.807) is 0 Å². The smallest absolute Gasteiger partial charge is 0.351 e. The average molecular weight is 291 g/mol. The number of anilines is 1. The number of aromatic nitrogens is 2. The number of ether oxygens (including phenoxy) is 1. The van der Waals surface area contributed by atoms with E-state index >= 15 is 0 Å². The summed E-state index contributed by atoms with van der Waals surface area (Å²) in [5.41, 5.74) is 2.68. The van der Waals surface area contributed by atoms with E-state index in [1.807, 2.05) is 0 Å². The summed E-state index contributed by atoms with van der Waals surface area (Å²) >= 11 is 0. The molecule has 0 bridgehead atoms. The van der Waals surface area contributed by atoms with Crippen LogP contribution in [-0.4, -0.2) is 50.9 Å². The summed E-state index contributed by atoms with van der Waals surface area (Å²) in [6, 6.07) is 1.26. The topological polar surface area (TPSA) is 111 Å². The van der Waals surface area contributed by atoms with Crippen LogP contribution in [0.5, 0.6) is 0 Å². The van der Waals surface area contributed by atoms with Gasteiger partial charge in [0.2, 0.25) is 0 Å². The molecule has 1 fully saturated rings. The van der Waals surface area contributed by atoms with Gasteiger partial charge >= 0.3 is 5.69 Å². The maximum Gasteiger partial charge on any atom is 0.351 e. The van der Waals surface area contributed by atoms with Crippen molar-refractivity contribution in [3.63, 3.8) is 0 Å². The Kier molecular flexibility index (Phi) is 4.02. The SMILES string of the molecule is Nc1ccn([C@@H]2O[C@@](CO)(CCF)[C@@H](O)[C@H]2F)c(=O)n1. The van der Waals surface area contributed by atoms with Gasteiger partial charge in [-0.2, -0.15) is 4.98 Å². The molecule has 0 saturated carbocycles. The lowest BCUT2D eigenvalue weighted by Crippen LogP contribution is -2.45. The van der Waals surface area contributed by atoms with Gasteiger partial charge in [-0.1, -0.05) is 0 Å². The summed E-state index contributed by atoms with van der Waals surface area (Å²) < 4.78 is 32.7. The number of rotatable bonds is 4. The maximum atomic E-state index is 14.1. The van der Waals surface area contributed by atoms with Crippen molar-refractivity contribution in [3.05, 3.63) is 22.7 Å². The van der Waals surface area contributed by atoms with E-state index in [9.17, 15) is 23.8 Å². The van der Waals surface area contributed by atoms with Crippen LogP contribution in [-0.2, 0) is 4.74 Å². The highest BCUT2D eigenvalue weighted by molar-refractivity contribution is 5.23. The third-order valence-corrected chi connectivity index (χ3v) is 3.38. The summed E-state index contributed by atoms with van der Waals surface area (Å²) in [4.78, 5) is 15.1. The molecule has 0 aromatic carbocycles. The third kappa shape index (κ3) is 2.28. The zero-order valence-electron chi connectivity index (χ0n) is 10.4. The first-order chi connectivity index (χ1) is 9.45. The van der Waals surface area contributed by atoms with E-state index in [4.69, 9.17) is 10.5 Å². The van der Waals surface area contributed by atoms with E-state index in [1.165, 1.54) is 6.07 Å². The molecule has 7 nitrogen and oxygen atoms in total. The van der Waals surface area contributed by atoms with Gasteiger partial charge in [-0.3, -0.25) is 8.96 Å². The minimum absolute atomic E-state index is 0.0441. The minimum atomic E-state index is -2.00. The zero-order valence-corrected chi connectivity index (χ0v) is 10.4. The molecule has 1 aliphatic heterocycles. The van der Waals surface area contributed by atoms with Crippen molar-refractivity contribution < 1.29 is 23.7 Å². The van der Waals surface area contributed by atoms with Gasteiger partial charge in [0.15, 0.2) is 12.4 Å². The molecule has 0 radical (unpaired) electrons. The molecule has 0 amide bonds. The van der Waals surface area contributed by atoms with Crippen LogP contribution in [0.1, 0.15) is 12.6 Å². The molecule has 0 unspecified atom stereocenters. The molecule has 1 aromatic heterocycles. The zero-order chi connectivity index (χ0) is 14.9. The van der Waals surface area contributed by atoms with E-state index in [2.05, 4.69) is 4.98 Å². The predicted octanol–water partition coefficient (Wildman–Crippen LogP) is -0.856. The molecule has 4 atom stereocenters. The number of halogens is 2. The first-order valence-electron chi connectivity index (χ1n) is 5.96. The number of nitrogens with two attached hydrogens (primary N) is 1. The summed E-state index contributed by atoms with van der Waals surface area (Å²) in [7, 11) is 0. The van der Waals surface area contributed by atoms with Crippen molar-refractivity contribution in [3.8, 4) is 0 Å². The average Bonchev–Trinajstić information content (AvgIpc) is 2.65. The molecule has 2 rings (SSSR count). The molecule has 9 heteroatoms. The maximum absolute atomic E-state index is 14.1. The molecular formula is C11H15F2N3O4. The number of hydrogen-bond acceptors (Lipinski definition) is 6. The summed E-state index contributed by atoms with van der Waals surface area (Å²) in [6.07, 6.45) is -4.48. The second-order valence-electron chi connectivity index (χ2n) is 4.60. The number of aliphatic hydroxyl groups is 2. The highest BCUT2D eigenvalue weighted by atomic mass is 19.1. The standard InChI is InChI=1S/C11H15F2N3O4/c12-3-2-11(5-17)8(18)7(13)9(20-11)16-4-1-6(14)15-10(16)19/h1,4,7-9,17-18H,2-3,5H2,(H2,14,15,19)/t7-,8+,9-,11-/m1/s1. The van der Waals surface area contributed by atoms with E-state index in [0.717, 1.165) is 10.8 Å². The van der Waals surface area contributed by atoms with Crippen LogP contribution < -0.4 is 11.4 Å². The van der Waals surface area contributed by atoms with Crippen molar-refractivity contribution in [2.24, 2.45) is 0 Å². The number of hydrogen-bond donors (Lipinski definition) is 3. The molecule has 112 valence electrons. The lowest BCUT2D eigenvalue weighted by Gasteiger charge is -2.28. The van der Waals surface area contributed by atoms with E-state index in [-0.39, 0.29) is 5.82 Å². The lowest BCUT2D eigenvalue weighted by molar-refractivity contribution is -0.134. The van der Waals surface area contributed by atoms with Crippen molar-refractivity contribution in [1.82, 2.24) is 9.55 Å². The minimum Gasteiger partial charge on any atom is -0.393 e. The Morgan fingerprint density at radius 1 is 1.60 bits per heavy atom. The fourth-order valence-electron chi connectivity index (χ4n) is 2.23. The van der Waals surface area contributed by atoms with E-state index in [0.29, 0.717) is 0 Å². The Labute approximate surface area is 112 Å². The van der Waals surface area contributed by atoms with Gasteiger partial charge in [-0.15, -0.1) is 0 Å². The van der Waals surface area contributed by atoms with Gasteiger partial charge in [0, 0.05) is 12.6 Å². The van der Waals surface area contributed by atoms with Gasteiger partial charge in [0.1, 0.15) is 17.5 Å². The van der Waals surface area contributed by atoms with Crippen LogP contribution in [0.4, 0.5) is 14.6 Å². The van der Waals surface area contributed by atoms with Crippen molar-refractivity contribution in [2.45, 2.75) is 30.5 Å². The van der Waals surface area contributed by atoms with Crippen molar-refractivity contribution >= 4 is 5.82 Å². The molecule has 1 aliphatic rings. The summed E-state index contributed by atoms with van der Waals surface area (Å²) in [5, 5.41) is 19.1. The van der Waals surface area contributed by atoms with Crippen LogP contribution in [0.25, 0.3) is 0 Å². The number of alkyl halides is 2. The van der Waals surface area contributed by atoms with Crippen LogP contribution in [0.3, 0.4) is 0 Å². The Balaban J connectivity index is 2.37. The highest BCUT2D eigenvalue weighted by Gasteiger charge is 2.55. The molecule has 1 aromatic rings. The van der Waals surface area contributed by atoms with Crippen LogP contribution in [0, 0.1) is 0 Å². The normalized spacial score (nSPS) is 33.5. The van der Waals surface area contributed by atoms with Crippen molar-refractivity contribution in [2.75, 3.05) is 19.0 Å². The summed E-state index contributed by atoms with van der Waals surface area (Å²) in [5.74, 6) is -0.0441. The van der Waals surface area contributed by atoms with Gasteiger partial charge in [0.25, 0.3) is 0 Å². The molecule has 0 spiro atoms. The fraction of sp³-hybridized carbons (Fsp3) is 0.636. The molecule has 2 heterocycles. The highest BCUT2D eigenvalue weighted by Crippen LogP contribution is 2.40. The molecular weight excluding hydrogens is 276 g/mol. The first kappa shape index (κ1) is 14.8. The fourth-order valence-corrected chi connectivity index (χ4v) is 2.23. The molecule has 0 aliphatic carbocycles. The van der Waals surface area contributed by atoms with Crippen molar-refractivity contribution in [1.29, 1.82) is 0 Å². The second kappa shape index (κ2) is 5.43. The second-order valence-corrected chi connectivity index (χ2v) is 4.60. The Morgan fingerprint density at radius 3 is 2.85 bits per heavy atom. The Morgan fingerprint density at radius 2 is 2.30 bits per heavy atom. The van der Waals surface area contributed by atoms with Gasteiger partial charge in [-0.05, 0) is 6.07 Å². The van der Waals surface area contributed by atoms with Crippen LogP contribution >= 0.6 is 0 Å². The Hall–Kier alpha value is -1.58. The van der Waals surface area contributed by atoms with E-state index < -0.39 is 49.5 Å². The third-order valence-electron chi connectivity index (χ3n) is 3.38. The predicted molar refractivity (Wildman–Crippen MR) is 64.3 cm³/mol. The van der Waals surface area contributed by atoms with Crippen LogP contribution in [0.15, 0.2) is 17.1 Å². The monoisotopic (exact) mass is 291 g/mol. The number of nitrogens with zero attached hydrogens (tertiary/aromatic N) is 2. The number of nitrogen functional groups attached to an aromatic ring is 1. The van der Waals surface area contributed by atoms with Gasteiger partial charge < -0.3 is 20.7 Å². The Bertz CT molecular complexity index is 541. The quantitative estimate of drug-likeness (QED) is 0.666. The van der Waals surface area contributed by atoms with Gasteiger partial charge in [0.05, 0.1) is 13.3 Å². The number of aliphatic hydroxyl groups excluding tert-OH is 2.